The van der Waals surface area contributed by atoms with Crippen LogP contribution in [0.4, 0.5) is 0 Å². The number of halogens is 1. The minimum atomic E-state index is -0.00813. The van der Waals surface area contributed by atoms with E-state index in [1.165, 1.54) is 25.8 Å². The normalized spacial score (nSPS) is 27.0. The lowest BCUT2D eigenvalue weighted by atomic mass is 9.99. The molecule has 0 radical (unpaired) electrons. The summed E-state index contributed by atoms with van der Waals surface area (Å²) in [6.45, 7) is 2.31. The van der Waals surface area contributed by atoms with Gasteiger partial charge in [0.05, 0.1) is 5.56 Å². The maximum absolute atomic E-state index is 12.2. The molecule has 0 bridgehead atoms. The number of hydrogen-bond donors (Lipinski definition) is 1. The van der Waals surface area contributed by atoms with Crippen LogP contribution in [0.1, 0.15) is 36.0 Å². The monoisotopic (exact) mass is 323 g/mol. The number of piperidine rings is 1. The van der Waals surface area contributed by atoms with Gasteiger partial charge in [-0.3, -0.25) is 14.7 Å². The van der Waals surface area contributed by atoms with Crippen molar-refractivity contribution in [2.75, 3.05) is 13.1 Å². The highest BCUT2D eigenvalue weighted by Gasteiger charge is 2.36. The summed E-state index contributed by atoms with van der Waals surface area (Å²) in [5.41, 5.74) is 0.628. The minimum absolute atomic E-state index is 0.00813. The quantitative estimate of drug-likeness (QED) is 0.907. The van der Waals surface area contributed by atoms with Crippen LogP contribution in [-0.4, -0.2) is 41.0 Å². The second-order valence-corrected chi connectivity index (χ2v) is 6.28. The van der Waals surface area contributed by atoms with Crippen LogP contribution in [0.25, 0.3) is 0 Å². The SMILES string of the molecule is O=C(N[C@@H]1CCN2CCCC[C@@H]12)c1cncc(Br)c1. The van der Waals surface area contributed by atoms with Gasteiger partial charge >= 0.3 is 0 Å². The predicted octanol–water partition coefficient (Wildman–Crippen LogP) is 2.20. The highest BCUT2D eigenvalue weighted by Crippen LogP contribution is 2.27. The third-order valence-electron chi connectivity index (χ3n) is 4.14. The van der Waals surface area contributed by atoms with E-state index < -0.39 is 0 Å². The summed E-state index contributed by atoms with van der Waals surface area (Å²) >= 11 is 3.35. The zero-order valence-corrected chi connectivity index (χ0v) is 12.4. The van der Waals surface area contributed by atoms with E-state index in [0.717, 1.165) is 17.4 Å². The molecule has 2 aliphatic heterocycles. The topological polar surface area (TPSA) is 45.2 Å². The zero-order valence-electron chi connectivity index (χ0n) is 10.8. The predicted molar refractivity (Wildman–Crippen MR) is 77.0 cm³/mol. The van der Waals surface area contributed by atoms with E-state index in [4.69, 9.17) is 0 Å². The molecule has 0 spiro atoms. The van der Waals surface area contributed by atoms with Crippen LogP contribution >= 0.6 is 15.9 Å². The molecule has 19 heavy (non-hydrogen) atoms. The molecule has 2 saturated heterocycles. The van der Waals surface area contributed by atoms with Crippen molar-refractivity contribution >= 4 is 21.8 Å². The third-order valence-corrected chi connectivity index (χ3v) is 4.57. The summed E-state index contributed by atoms with van der Waals surface area (Å²) in [6.07, 6.45) is 8.17. The van der Waals surface area contributed by atoms with Gasteiger partial charge in [0, 0.05) is 35.5 Å². The molecule has 2 aliphatic rings. The van der Waals surface area contributed by atoms with Crippen molar-refractivity contribution in [3.63, 3.8) is 0 Å². The molecule has 0 saturated carbocycles. The van der Waals surface area contributed by atoms with Crippen molar-refractivity contribution in [2.24, 2.45) is 0 Å². The highest BCUT2D eigenvalue weighted by atomic mass is 79.9. The first-order chi connectivity index (χ1) is 9.24. The highest BCUT2D eigenvalue weighted by molar-refractivity contribution is 9.10. The molecule has 1 aromatic heterocycles. The number of nitrogens with one attached hydrogen (secondary N) is 1. The molecule has 4 nitrogen and oxygen atoms in total. The number of amides is 1. The molecule has 0 unspecified atom stereocenters. The number of carbonyl (C=O) groups is 1. The van der Waals surface area contributed by atoms with Gasteiger partial charge in [-0.15, -0.1) is 0 Å². The van der Waals surface area contributed by atoms with Crippen LogP contribution < -0.4 is 5.32 Å². The first-order valence-corrected chi connectivity index (χ1v) is 7.69. The molecular weight excluding hydrogens is 306 g/mol. The van der Waals surface area contributed by atoms with Crippen molar-refractivity contribution in [3.05, 3.63) is 28.5 Å². The van der Waals surface area contributed by atoms with E-state index in [-0.39, 0.29) is 5.91 Å². The number of carbonyl (C=O) groups excluding carboxylic acids is 1. The summed E-state index contributed by atoms with van der Waals surface area (Å²) in [6, 6.07) is 2.65. The first-order valence-electron chi connectivity index (χ1n) is 6.89. The molecule has 2 atom stereocenters. The van der Waals surface area contributed by atoms with Crippen LogP contribution in [0.5, 0.6) is 0 Å². The average Bonchev–Trinajstić information content (AvgIpc) is 2.82. The number of rotatable bonds is 2. The van der Waals surface area contributed by atoms with Gasteiger partial charge in [0.15, 0.2) is 0 Å². The maximum atomic E-state index is 12.2. The first kappa shape index (κ1) is 13.1. The van der Waals surface area contributed by atoms with Gasteiger partial charge in [0.25, 0.3) is 5.91 Å². The lowest BCUT2D eigenvalue weighted by molar-refractivity contribution is 0.0915. The van der Waals surface area contributed by atoms with Gasteiger partial charge in [-0.1, -0.05) is 6.42 Å². The number of fused-ring (bicyclic) bond motifs is 1. The van der Waals surface area contributed by atoms with Crippen LogP contribution in [-0.2, 0) is 0 Å². The van der Waals surface area contributed by atoms with Crippen molar-refractivity contribution in [2.45, 2.75) is 37.8 Å². The third kappa shape index (κ3) is 2.82. The Bertz CT molecular complexity index is 480. The molecule has 2 fully saturated rings. The lowest BCUT2D eigenvalue weighted by Crippen LogP contribution is -2.46. The lowest BCUT2D eigenvalue weighted by Gasteiger charge is -2.32. The van der Waals surface area contributed by atoms with Crippen LogP contribution in [0, 0.1) is 0 Å². The summed E-state index contributed by atoms with van der Waals surface area (Å²) in [7, 11) is 0. The Morgan fingerprint density at radius 2 is 2.21 bits per heavy atom. The standard InChI is InChI=1S/C14H18BrN3O/c15-11-7-10(8-16-9-11)14(19)17-12-4-6-18-5-2-1-3-13(12)18/h7-9,12-13H,1-6H2,(H,17,19)/t12-,13+/m1/s1. The molecule has 0 aliphatic carbocycles. The van der Waals surface area contributed by atoms with Crippen molar-refractivity contribution in [1.82, 2.24) is 15.2 Å². The van der Waals surface area contributed by atoms with Crippen molar-refractivity contribution in [1.29, 1.82) is 0 Å². The fourth-order valence-corrected chi connectivity index (χ4v) is 3.57. The Morgan fingerprint density at radius 1 is 1.32 bits per heavy atom. The molecule has 3 rings (SSSR count). The molecular formula is C14H18BrN3O. The number of aromatic nitrogens is 1. The Morgan fingerprint density at radius 3 is 3.05 bits per heavy atom. The fraction of sp³-hybridized carbons (Fsp3) is 0.571. The summed E-state index contributed by atoms with van der Waals surface area (Å²) in [4.78, 5) is 18.8. The van der Waals surface area contributed by atoms with Gasteiger partial charge in [-0.25, -0.2) is 0 Å². The molecule has 1 N–H and O–H groups in total. The summed E-state index contributed by atoms with van der Waals surface area (Å²) in [5.74, 6) is -0.00813. The molecule has 1 amide bonds. The number of pyridine rings is 1. The molecule has 5 heteroatoms. The Labute approximate surface area is 121 Å². The minimum Gasteiger partial charge on any atom is -0.348 e. The number of nitrogens with zero attached hydrogens (tertiary/aromatic N) is 2. The number of hydrogen-bond acceptors (Lipinski definition) is 3. The molecule has 0 aromatic carbocycles. The van der Waals surface area contributed by atoms with Gasteiger partial charge in [-0.2, -0.15) is 0 Å². The van der Waals surface area contributed by atoms with E-state index in [9.17, 15) is 4.79 Å². The van der Waals surface area contributed by atoms with Gasteiger partial charge < -0.3 is 5.32 Å². The molecule has 3 heterocycles. The fourth-order valence-electron chi connectivity index (χ4n) is 3.20. The second-order valence-electron chi connectivity index (χ2n) is 5.36. The van der Waals surface area contributed by atoms with Crippen LogP contribution in [0.2, 0.25) is 0 Å². The second kappa shape index (κ2) is 5.59. The maximum Gasteiger partial charge on any atom is 0.253 e. The Kier molecular flexibility index (Phi) is 3.84. The van der Waals surface area contributed by atoms with E-state index in [0.29, 0.717) is 17.6 Å². The smallest absolute Gasteiger partial charge is 0.253 e. The van der Waals surface area contributed by atoms with E-state index >= 15 is 0 Å². The van der Waals surface area contributed by atoms with Crippen LogP contribution in [0.3, 0.4) is 0 Å². The Balaban J connectivity index is 1.66. The zero-order chi connectivity index (χ0) is 13.2. The summed E-state index contributed by atoms with van der Waals surface area (Å²) < 4.78 is 0.839. The average molecular weight is 324 g/mol. The van der Waals surface area contributed by atoms with Crippen LogP contribution in [0.15, 0.2) is 22.9 Å². The van der Waals surface area contributed by atoms with Crippen molar-refractivity contribution < 1.29 is 4.79 Å². The van der Waals surface area contributed by atoms with E-state index in [1.54, 1.807) is 12.4 Å². The molecule has 102 valence electrons. The molecule has 1 aromatic rings. The Hall–Kier alpha value is -0.940. The van der Waals surface area contributed by atoms with E-state index in [2.05, 4.69) is 31.1 Å². The van der Waals surface area contributed by atoms with Crippen molar-refractivity contribution in [3.8, 4) is 0 Å². The summed E-state index contributed by atoms with van der Waals surface area (Å²) in [5, 5.41) is 3.18. The largest absolute Gasteiger partial charge is 0.348 e. The van der Waals surface area contributed by atoms with Gasteiger partial charge in [0.2, 0.25) is 0 Å². The van der Waals surface area contributed by atoms with E-state index in [1.807, 2.05) is 6.07 Å². The van der Waals surface area contributed by atoms with Gasteiger partial charge in [-0.05, 0) is 47.8 Å². The van der Waals surface area contributed by atoms with Gasteiger partial charge in [0.1, 0.15) is 0 Å².